The van der Waals surface area contributed by atoms with E-state index >= 15 is 0 Å². The van der Waals surface area contributed by atoms with Crippen molar-refractivity contribution in [3.8, 4) is 0 Å². The maximum Gasteiger partial charge on any atom is 0.323 e. The van der Waals surface area contributed by atoms with Crippen molar-refractivity contribution < 1.29 is 9.18 Å². The van der Waals surface area contributed by atoms with E-state index in [1.165, 1.54) is 24.7 Å². The smallest absolute Gasteiger partial charge is 0.305 e. The van der Waals surface area contributed by atoms with Crippen LogP contribution in [-0.2, 0) is 0 Å². The molecule has 0 aliphatic heterocycles. The maximum absolute atomic E-state index is 13.1. The molecule has 3 N–H and O–H groups in total. The van der Waals surface area contributed by atoms with Crippen molar-refractivity contribution in [3.63, 3.8) is 0 Å². The van der Waals surface area contributed by atoms with Gasteiger partial charge in [0.15, 0.2) is 5.82 Å². The predicted molar refractivity (Wildman–Crippen MR) is 55.4 cm³/mol. The lowest BCUT2D eigenvalue weighted by atomic mass is 10.4. The van der Waals surface area contributed by atoms with E-state index in [9.17, 15) is 9.18 Å². The highest BCUT2D eigenvalue weighted by Gasteiger charge is 2.06. The van der Waals surface area contributed by atoms with Gasteiger partial charge in [0, 0.05) is 12.4 Å². The third kappa shape index (κ3) is 2.32. The van der Waals surface area contributed by atoms with E-state index in [4.69, 9.17) is 0 Å². The minimum absolute atomic E-state index is 0.0657. The lowest BCUT2D eigenvalue weighted by Crippen LogP contribution is -2.19. The number of hydrogen-bond acceptors (Lipinski definition) is 3. The summed E-state index contributed by atoms with van der Waals surface area (Å²) < 4.78 is 13.1. The normalized spacial score (nSPS) is 9.81. The third-order valence-electron chi connectivity index (χ3n) is 1.78. The summed E-state index contributed by atoms with van der Waals surface area (Å²) in [5.41, 5.74) is 0.558. The molecule has 0 saturated carbocycles. The van der Waals surface area contributed by atoms with Gasteiger partial charge in [-0.1, -0.05) is 0 Å². The highest BCUT2D eigenvalue weighted by molar-refractivity contribution is 5.99. The van der Waals surface area contributed by atoms with Gasteiger partial charge in [-0.2, -0.15) is 5.10 Å². The van der Waals surface area contributed by atoms with Crippen LogP contribution >= 0.6 is 0 Å². The van der Waals surface area contributed by atoms with Crippen molar-refractivity contribution in [3.05, 3.63) is 36.7 Å². The Hall–Kier alpha value is -2.44. The Kier molecular flexibility index (Phi) is 2.77. The third-order valence-corrected chi connectivity index (χ3v) is 1.78. The number of pyridine rings is 1. The molecule has 0 fully saturated rings. The van der Waals surface area contributed by atoms with Crippen LogP contribution in [0.5, 0.6) is 0 Å². The van der Waals surface area contributed by atoms with E-state index in [1.807, 2.05) is 0 Å². The number of rotatable bonds is 2. The number of nitrogens with zero attached hydrogens (tertiary/aromatic N) is 2. The van der Waals surface area contributed by atoms with Gasteiger partial charge in [-0.25, -0.2) is 9.18 Å². The minimum Gasteiger partial charge on any atom is -0.305 e. The molecule has 16 heavy (non-hydrogen) atoms. The fourth-order valence-electron chi connectivity index (χ4n) is 1.08. The summed E-state index contributed by atoms with van der Waals surface area (Å²) in [5.74, 6) is -0.593. The van der Waals surface area contributed by atoms with Crippen molar-refractivity contribution in [2.24, 2.45) is 0 Å². The number of anilines is 2. The van der Waals surface area contributed by atoms with Crippen molar-refractivity contribution in [2.75, 3.05) is 10.6 Å². The number of aromatic nitrogens is 3. The van der Waals surface area contributed by atoms with Crippen LogP contribution in [0.15, 0.2) is 30.9 Å². The van der Waals surface area contributed by atoms with Gasteiger partial charge in [-0.05, 0) is 6.07 Å². The fourth-order valence-corrected chi connectivity index (χ4v) is 1.08. The fraction of sp³-hybridized carbons (Fsp3) is 0. The van der Waals surface area contributed by atoms with Gasteiger partial charge >= 0.3 is 6.03 Å². The first-order valence-electron chi connectivity index (χ1n) is 4.42. The van der Waals surface area contributed by atoms with Crippen LogP contribution in [0.1, 0.15) is 0 Å². The number of carbonyl (C=O) groups is 1. The molecule has 0 aromatic carbocycles. The second-order valence-corrected chi connectivity index (χ2v) is 2.92. The SMILES string of the molecule is O=C(Nc1cn[nH]c1)Nc1ccncc1F. The molecule has 2 heterocycles. The lowest BCUT2D eigenvalue weighted by molar-refractivity contribution is 0.262. The van der Waals surface area contributed by atoms with E-state index in [0.717, 1.165) is 6.20 Å². The van der Waals surface area contributed by atoms with E-state index < -0.39 is 11.8 Å². The van der Waals surface area contributed by atoms with Crippen molar-refractivity contribution in [2.45, 2.75) is 0 Å². The molecule has 2 rings (SSSR count). The van der Waals surface area contributed by atoms with Crippen LogP contribution in [0.3, 0.4) is 0 Å². The lowest BCUT2D eigenvalue weighted by Gasteiger charge is -2.05. The second-order valence-electron chi connectivity index (χ2n) is 2.92. The Morgan fingerprint density at radius 1 is 1.38 bits per heavy atom. The number of hydrogen-bond donors (Lipinski definition) is 3. The van der Waals surface area contributed by atoms with Gasteiger partial charge < -0.3 is 10.6 Å². The van der Waals surface area contributed by atoms with Gasteiger partial charge in [0.25, 0.3) is 0 Å². The van der Waals surface area contributed by atoms with E-state index in [2.05, 4.69) is 25.8 Å². The van der Waals surface area contributed by atoms with Gasteiger partial charge in [-0.15, -0.1) is 0 Å². The Bertz CT molecular complexity index is 484. The number of halogens is 1. The number of aromatic amines is 1. The van der Waals surface area contributed by atoms with Crippen LogP contribution < -0.4 is 10.6 Å². The van der Waals surface area contributed by atoms with Gasteiger partial charge in [0.1, 0.15) is 0 Å². The zero-order valence-electron chi connectivity index (χ0n) is 8.07. The molecule has 0 unspecified atom stereocenters. The Labute approximate surface area is 89.9 Å². The van der Waals surface area contributed by atoms with Crippen molar-refractivity contribution >= 4 is 17.4 Å². The summed E-state index contributed by atoms with van der Waals surface area (Å²) in [6, 6.07) is 0.816. The zero-order valence-corrected chi connectivity index (χ0v) is 8.07. The van der Waals surface area contributed by atoms with Crippen molar-refractivity contribution in [1.82, 2.24) is 15.2 Å². The molecule has 0 saturated heterocycles. The summed E-state index contributed by atoms with van der Waals surface area (Å²) in [6.07, 6.45) is 5.34. The van der Waals surface area contributed by atoms with E-state index in [-0.39, 0.29) is 5.69 Å². The van der Waals surface area contributed by atoms with Crippen LogP contribution in [0.2, 0.25) is 0 Å². The minimum atomic E-state index is -0.593. The first kappa shape index (κ1) is 10.1. The molecule has 0 spiro atoms. The standard InChI is InChI=1S/C9H8FN5O/c10-7-5-11-2-1-8(7)15-9(16)14-6-3-12-13-4-6/h1-5H,(H,12,13)(H2,11,14,15,16). The summed E-state index contributed by atoms with van der Waals surface area (Å²) in [6.45, 7) is 0. The second kappa shape index (κ2) is 4.39. The van der Waals surface area contributed by atoms with Gasteiger partial charge in [0.05, 0.1) is 23.8 Å². The molecular formula is C9H8FN5O. The maximum atomic E-state index is 13.1. The van der Waals surface area contributed by atoms with Crippen LogP contribution in [0.4, 0.5) is 20.6 Å². The number of H-pyrrole nitrogens is 1. The molecule has 0 bridgehead atoms. The van der Waals surface area contributed by atoms with Gasteiger partial charge in [0.2, 0.25) is 0 Å². The molecule has 7 heteroatoms. The molecule has 6 nitrogen and oxygen atoms in total. The highest BCUT2D eigenvalue weighted by atomic mass is 19.1. The molecule has 2 aromatic heterocycles. The first-order chi connectivity index (χ1) is 7.75. The van der Waals surface area contributed by atoms with E-state index in [1.54, 1.807) is 0 Å². The molecule has 0 atom stereocenters. The molecular weight excluding hydrogens is 213 g/mol. The van der Waals surface area contributed by atoms with Gasteiger partial charge in [-0.3, -0.25) is 10.1 Å². The molecule has 0 radical (unpaired) electrons. The average Bonchev–Trinajstić information content (AvgIpc) is 2.74. The molecule has 82 valence electrons. The Morgan fingerprint density at radius 2 is 2.25 bits per heavy atom. The summed E-state index contributed by atoms with van der Waals surface area (Å²) >= 11 is 0. The topological polar surface area (TPSA) is 82.7 Å². The Morgan fingerprint density at radius 3 is 2.94 bits per heavy atom. The number of nitrogens with one attached hydrogen (secondary N) is 3. The van der Waals surface area contributed by atoms with Crippen LogP contribution in [0.25, 0.3) is 0 Å². The first-order valence-corrected chi connectivity index (χ1v) is 4.42. The molecule has 2 aromatic rings. The molecule has 0 aliphatic carbocycles. The van der Waals surface area contributed by atoms with E-state index in [0.29, 0.717) is 5.69 Å². The predicted octanol–water partition coefficient (Wildman–Crippen LogP) is 1.59. The summed E-state index contributed by atoms with van der Waals surface area (Å²) in [7, 11) is 0. The number of carbonyl (C=O) groups excluding carboxylic acids is 1. The average molecular weight is 221 g/mol. The Balaban J connectivity index is 2.00. The van der Waals surface area contributed by atoms with Crippen molar-refractivity contribution in [1.29, 1.82) is 0 Å². The molecule has 0 aliphatic rings. The number of urea groups is 1. The van der Waals surface area contributed by atoms with Crippen LogP contribution in [-0.4, -0.2) is 21.2 Å². The number of amides is 2. The monoisotopic (exact) mass is 221 g/mol. The molecule has 2 amide bonds. The largest absolute Gasteiger partial charge is 0.323 e. The summed E-state index contributed by atoms with van der Waals surface area (Å²) in [5, 5.41) is 11.0. The highest BCUT2D eigenvalue weighted by Crippen LogP contribution is 2.11. The quantitative estimate of drug-likeness (QED) is 0.720. The van der Waals surface area contributed by atoms with Crippen LogP contribution in [0, 0.1) is 5.82 Å². The zero-order chi connectivity index (χ0) is 11.4. The summed E-state index contributed by atoms with van der Waals surface area (Å²) in [4.78, 5) is 14.9.